The van der Waals surface area contributed by atoms with Crippen molar-refractivity contribution in [2.75, 3.05) is 13.2 Å². The number of ether oxygens (including phenoxy) is 1. The Morgan fingerprint density at radius 3 is 2.58 bits per heavy atom. The van der Waals surface area contributed by atoms with E-state index in [0.717, 1.165) is 40.3 Å². The third kappa shape index (κ3) is 5.43. The van der Waals surface area contributed by atoms with Gasteiger partial charge in [0, 0.05) is 23.6 Å². The van der Waals surface area contributed by atoms with Crippen LogP contribution in [-0.2, 0) is 6.42 Å². The Kier molecular flexibility index (Phi) is 8.05. The summed E-state index contributed by atoms with van der Waals surface area (Å²) in [6.45, 7) is 4.95. The fraction of sp³-hybridized carbons (Fsp3) is 0.321. The number of rotatable bonds is 11. The molecule has 36 heavy (non-hydrogen) atoms. The largest absolute Gasteiger partial charge is 0.494 e. The van der Waals surface area contributed by atoms with Gasteiger partial charge < -0.3 is 14.8 Å². The first-order valence-corrected chi connectivity index (χ1v) is 12.4. The average Bonchev–Trinajstić information content (AvgIpc) is 3.28. The SMILES string of the molecule is CCCCCC(=NCCc1c[nH]c2ccccc12)c1c(O)n(-c2ccc(OCC)cc2)c(=O)[nH]c1=O. The number of hydrogen-bond donors (Lipinski definition) is 3. The number of nitrogens with one attached hydrogen (secondary N) is 2. The molecule has 0 aliphatic carbocycles. The zero-order valence-corrected chi connectivity index (χ0v) is 20.7. The van der Waals surface area contributed by atoms with Crippen LogP contribution in [0.15, 0.2) is 69.3 Å². The minimum absolute atomic E-state index is 0.0403. The molecule has 0 radical (unpaired) electrons. The minimum Gasteiger partial charge on any atom is -0.494 e. The molecule has 4 rings (SSSR count). The standard InChI is InChI=1S/C28H32N4O4/c1-3-5-6-11-24(29-17-16-19-18-30-23-10-8-7-9-22(19)23)25-26(33)31-28(35)32(27(25)34)20-12-14-21(15-13-20)36-4-2/h7-10,12-15,18,30,34H,3-6,11,16-17H2,1-2H3,(H,31,33,35). The van der Waals surface area contributed by atoms with Crippen molar-refractivity contribution in [2.24, 2.45) is 4.99 Å². The number of aromatic amines is 2. The number of nitrogens with zero attached hydrogens (tertiary/aromatic N) is 2. The second kappa shape index (κ2) is 11.6. The van der Waals surface area contributed by atoms with E-state index >= 15 is 0 Å². The van der Waals surface area contributed by atoms with Crippen molar-refractivity contribution < 1.29 is 9.84 Å². The topological polar surface area (TPSA) is 112 Å². The van der Waals surface area contributed by atoms with E-state index in [9.17, 15) is 14.7 Å². The summed E-state index contributed by atoms with van der Waals surface area (Å²) in [6.07, 6.45) is 5.99. The Hall–Kier alpha value is -4.07. The van der Waals surface area contributed by atoms with Crippen LogP contribution in [-0.4, -0.2) is 38.5 Å². The summed E-state index contributed by atoms with van der Waals surface area (Å²) >= 11 is 0. The Morgan fingerprint density at radius 1 is 1.06 bits per heavy atom. The smallest absolute Gasteiger partial charge is 0.335 e. The van der Waals surface area contributed by atoms with E-state index in [1.54, 1.807) is 24.3 Å². The van der Waals surface area contributed by atoms with Gasteiger partial charge in [0.05, 0.1) is 18.0 Å². The number of hydrogen-bond acceptors (Lipinski definition) is 5. The first-order valence-electron chi connectivity index (χ1n) is 12.4. The van der Waals surface area contributed by atoms with Crippen LogP contribution < -0.4 is 16.0 Å². The lowest BCUT2D eigenvalue weighted by Crippen LogP contribution is -2.33. The summed E-state index contributed by atoms with van der Waals surface area (Å²) in [5.41, 5.74) is 1.82. The number of para-hydroxylation sites is 1. The van der Waals surface area contributed by atoms with Gasteiger partial charge in [0.1, 0.15) is 11.3 Å². The molecule has 4 aromatic rings. The van der Waals surface area contributed by atoms with Crippen LogP contribution in [0.4, 0.5) is 0 Å². The molecule has 2 aromatic heterocycles. The highest BCUT2D eigenvalue weighted by Crippen LogP contribution is 2.22. The van der Waals surface area contributed by atoms with Gasteiger partial charge in [0.2, 0.25) is 5.88 Å². The Morgan fingerprint density at radius 2 is 1.83 bits per heavy atom. The number of aromatic hydroxyl groups is 1. The second-order valence-corrected chi connectivity index (χ2v) is 8.62. The normalized spacial score (nSPS) is 11.8. The number of unbranched alkanes of at least 4 members (excludes halogenated alkanes) is 2. The number of benzene rings is 2. The maximum absolute atomic E-state index is 12.9. The quantitative estimate of drug-likeness (QED) is 0.209. The number of aromatic nitrogens is 3. The van der Waals surface area contributed by atoms with Crippen molar-refractivity contribution in [2.45, 2.75) is 46.0 Å². The molecule has 0 saturated heterocycles. The molecule has 2 heterocycles. The molecule has 0 unspecified atom stereocenters. The van der Waals surface area contributed by atoms with E-state index in [2.05, 4.69) is 23.0 Å². The summed E-state index contributed by atoms with van der Waals surface area (Å²) < 4.78 is 6.56. The van der Waals surface area contributed by atoms with Crippen molar-refractivity contribution >= 4 is 16.6 Å². The van der Waals surface area contributed by atoms with Gasteiger partial charge in [0.25, 0.3) is 5.56 Å². The van der Waals surface area contributed by atoms with Gasteiger partial charge in [-0.3, -0.25) is 14.8 Å². The van der Waals surface area contributed by atoms with Crippen LogP contribution >= 0.6 is 0 Å². The summed E-state index contributed by atoms with van der Waals surface area (Å²) in [5, 5.41) is 12.3. The molecule has 0 aliphatic heterocycles. The third-order valence-corrected chi connectivity index (χ3v) is 6.16. The van der Waals surface area contributed by atoms with Gasteiger partial charge in [-0.1, -0.05) is 38.0 Å². The highest BCUT2D eigenvalue weighted by atomic mass is 16.5. The highest BCUT2D eigenvalue weighted by molar-refractivity contribution is 6.02. The summed E-state index contributed by atoms with van der Waals surface area (Å²) in [7, 11) is 0. The second-order valence-electron chi connectivity index (χ2n) is 8.62. The Balaban J connectivity index is 1.69. The summed E-state index contributed by atoms with van der Waals surface area (Å²) in [6, 6.07) is 14.8. The molecule has 0 amide bonds. The lowest BCUT2D eigenvalue weighted by Gasteiger charge is -2.14. The first-order chi connectivity index (χ1) is 17.5. The highest BCUT2D eigenvalue weighted by Gasteiger charge is 2.20. The predicted octanol–water partition coefficient (Wildman–Crippen LogP) is 4.72. The van der Waals surface area contributed by atoms with Gasteiger partial charge in [0.15, 0.2) is 0 Å². The molecular weight excluding hydrogens is 456 g/mol. The van der Waals surface area contributed by atoms with Crippen LogP contribution in [0.2, 0.25) is 0 Å². The van der Waals surface area contributed by atoms with Crippen LogP contribution in [0.1, 0.15) is 50.7 Å². The minimum atomic E-state index is -0.711. The third-order valence-electron chi connectivity index (χ3n) is 6.16. The zero-order valence-electron chi connectivity index (χ0n) is 20.7. The van der Waals surface area contributed by atoms with E-state index < -0.39 is 17.1 Å². The lowest BCUT2D eigenvalue weighted by molar-refractivity contribution is 0.340. The molecule has 0 atom stereocenters. The summed E-state index contributed by atoms with van der Waals surface area (Å²) in [4.78, 5) is 36.0. The van der Waals surface area contributed by atoms with Gasteiger partial charge in [-0.25, -0.2) is 9.36 Å². The Labute approximate surface area is 209 Å². The molecular formula is C28H32N4O4. The monoisotopic (exact) mass is 488 g/mol. The molecule has 0 fully saturated rings. The van der Waals surface area contributed by atoms with Crippen molar-refractivity contribution in [3.8, 4) is 17.3 Å². The lowest BCUT2D eigenvalue weighted by atomic mass is 10.0. The molecule has 8 heteroatoms. The van der Waals surface area contributed by atoms with Crippen LogP contribution in [0.3, 0.4) is 0 Å². The molecule has 8 nitrogen and oxygen atoms in total. The van der Waals surface area contributed by atoms with E-state index in [4.69, 9.17) is 9.73 Å². The molecule has 188 valence electrons. The molecule has 0 bridgehead atoms. The maximum atomic E-state index is 12.9. The van der Waals surface area contributed by atoms with Gasteiger partial charge in [-0.15, -0.1) is 0 Å². The maximum Gasteiger partial charge on any atom is 0.335 e. The van der Waals surface area contributed by atoms with Gasteiger partial charge in [-0.05, 0) is 62.1 Å². The molecule has 3 N–H and O–H groups in total. The van der Waals surface area contributed by atoms with Crippen LogP contribution in [0.25, 0.3) is 16.6 Å². The first kappa shape index (κ1) is 25.0. The van der Waals surface area contributed by atoms with Crippen LogP contribution in [0.5, 0.6) is 11.6 Å². The van der Waals surface area contributed by atoms with Gasteiger partial charge >= 0.3 is 5.69 Å². The molecule has 0 aliphatic rings. The molecule has 0 saturated carbocycles. The fourth-order valence-electron chi connectivity index (χ4n) is 4.36. The van der Waals surface area contributed by atoms with E-state index in [1.165, 1.54) is 0 Å². The predicted molar refractivity (Wildman–Crippen MR) is 143 cm³/mol. The number of H-pyrrole nitrogens is 2. The Bertz CT molecular complexity index is 1460. The fourth-order valence-corrected chi connectivity index (χ4v) is 4.36. The average molecular weight is 489 g/mol. The van der Waals surface area contributed by atoms with E-state index in [-0.39, 0.29) is 5.56 Å². The van der Waals surface area contributed by atoms with Crippen molar-refractivity contribution in [1.82, 2.24) is 14.5 Å². The molecule has 2 aromatic carbocycles. The van der Waals surface area contributed by atoms with Crippen molar-refractivity contribution in [3.05, 3.63) is 86.7 Å². The number of aliphatic imine (C=N–C) groups is 1. The van der Waals surface area contributed by atoms with E-state index in [0.29, 0.717) is 43.1 Å². The van der Waals surface area contributed by atoms with Crippen molar-refractivity contribution in [1.29, 1.82) is 0 Å². The summed E-state index contributed by atoms with van der Waals surface area (Å²) in [5.74, 6) is 0.243. The number of fused-ring (bicyclic) bond motifs is 1. The van der Waals surface area contributed by atoms with Crippen molar-refractivity contribution in [3.63, 3.8) is 0 Å². The van der Waals surface area contributed by atoms with E-state index in [1.807, 2.05) is 31.3 Å². The molecule has 0 spiro atoms. The zero-order chi connectivity index (χ0) is 25.5. The van der Waals surface area contributed by atoms with Gasteiger partial charge in [-0.2, -0.15) is 0 Å². The van der Waals surface area contributed by atoms with Crippen LogP contribution in [0, 0.1) is 0 Å².